The first-order chi connectivity index (χ1) is 16.7. The van der Waals surface area contributed by atoms with Crippen LogP contribution in [-0.2, 0) is 9.53 Å². The highest BCUT2D eigenvalue weighted by Gasteiger charge is 2.25. The van der Waals surface area contributed by atoms with Gasteiger partial charge < -0.3 is 10.1 Å². The molecule has 0 aliphatic heterocycles. The molecule has 0 aliphatic carbocycles. The number of thioether (sulfide) groups is 1. The number of para-hydroxylation sites is 1. The topological polar surface area (TPSA) is 98.5 Å². The van der Waals surface area contributed by atoms with Gasteiger partial charge in [0.15, 0.2) is 15.9 Å². The molecule has 184 valence electrons. The molecule has 1 unspecified atom stereocenters. The number of hydrogen-bond acceptors (Lipinski definition) is 8. The Morgan fingerprint density at radius 2 is 1.94 bits per heavy atom. The Morgan fingerprint density at radius 1 is 1.17 bits per heavy atom. The lowest BCUT2D eigenvalue weighted by molar-refractivity contribution is -0.115. The van der Waals surface area contributed by atoms with Crippen molar-refractivity contribution in [2.45, 2.75) is 58.4 Å². The third kappa shape index (κ3) is 5.18. The summed E-state index contributed by atoms with van der Waals surface area (Å²) in [6.45, 7) is 12.1. The van der Waals surface area contributed by atoms with Gasteiger partial charge in [-0.25, -0.2) is 9.78 Å². The average Bonchev–Trinajstić information content (AvgIpc) is 3.38. The van der Waals surface area contributed by atoms with Crippen LogP contribution in [0, 0.1) is 26.7 Å². The molecule has 0 saturated carbocycles. The number of carbonyl (C=O) groups excluding carboxylic acids is 2. The highest BCUT2D eigenvalue weighted by molar-refractivity contribution is 8.00. The molecular formula is C25H29N5O3S2. The smallest absolute Gasteiger partial charge is 0.350 e. The standard InChI is InChI=1S/C25H29N5O3S2/c1-7-18(22(31)27-24-26-16(6)21(35-24)23(32)33-12-13(2)3)34-25-29-28-19-11-15(5)17-10-8-9-14(4)20(17)30(19)25/h8-11,13,18H,7,12H2,1-6H3,(H,26,27,31). The maximum Gasteiger partial charge on any atom is 0.350 e. The number of anilines is 1. The summed E-state index contributed by atoms with van der Waals surface area (Å²) in [7, 11) is 0. The van der Waals surface area contributed by atoms with Crippen molar-refractivity contribution in [2.24, 2.45) is 5.92 Å². The third-order valence-corrected chi connectivity index (χ3v) is 7.92. The number of rotatable bonds is 8. The summed E-state index contributed by atoms with van der Waals surface area (Å²) in [5.74, 6) is -0.368. The van der Waals surface area contributed by atoms with Crippen LogP contribution < -0.4 is 5.32 Å². The van der Waals surface area contributed by atoms with Crippen LogP contribution in [0.25, 0.3) is 16.6 Å². The number of esters is 1. The third-order valence-electron chi connectivity index (χ3n) is 5.56. The lowest BCUT2D eigenvalue weighted by Gasteiger charge is -2.14. The summed E-state index contributed by atoms with van der Waals surface area (Å²) >= 11 is 2.50. The highest BCUT2D eigenvalue weighted by atomic mass is 32.2. The molecule has 4 aromatic rings. The van der Waals surface area contributed by atoms with Crippen molar-refractivity contribution in [3.8, 4) is 0 Å². The van der Waals surface area contributed by atoms with E-state index in [1.54, 1.807) is 6.92 Å². The van der Waals surface area contributed by atoms with Gasteiger partial charge in [-0.15, -0.1) is 10.2 Å². The number of nitrogens with one attached hydrogen (secondary N) is 1. The molecule has 3 heterocycles. The Labute approximate surface area is 212 Å². The van der Waals surface area contributed by atoms with E-state index in [1.807, 2.05) is 37.3 Å². The molecule has 1 atom stereocenters. The number of ether oxygens (including phenoxy) is 1. The quantitative estimate of drug-likeness (QED) is 0.243. The van der Waals surface area contributed by atoms with Crippen LogP contribution in [0.5, 0.6) is 0 Å². The molecule has 0 radical (unpaired) electrons. The van der Waals surface area contributed by atoms with Crippen molar-refractivity contribution in [2.75, 3.05) is 11.9 Å². The summed E-state index contributed by atoms with van der Waals surface area (Å²) < 4.78 is 7.34. The van der Waals surface area contributed by atoms with Crippen LogP contribution in [-0.4, -0.2) is 43.3 Å². The van der Waals surface area contributed by atoms with Crippen molar-refractivity contribution in [3.05, 3.63) is 46.0 Å². The fourth-order valence-corrected chi connectivity index (χ4v) is 5.62. The fourth-order valence-electron chi connectivity index (χ4n) is 3.79. The van der Waals surface area contributed by atoms with Crippen LogP contribution in [0.2, 0.25) is 0 Å². The van der Waals surface area contributed by atoms with Gasteiger partial charge in [0.2, 0.25) is 5.91 Å². The Morgan fingerprint density at radius 3 is 2.66 bits per heavy atom. The summed E-state index contributed by atoms with van der Waals surface area (Å²) in [6, 6.07) is 8.20. The number of pyridine rings is 1. The number of thiazole rings is 1. The Bertz CT molecular complexity index is 1410. The number of hydrogen-bond donors (Lipinski definition) is 1. The number of fused-ring (bicyclic) bond motifs is 3. The van der Waals surface area contributed by atoms with Crippen molar-refractivity contribution >= 4 is 56.7 Å². The van der Waals surface area contributed by atoms with Gasteiger partial charge in [-0.1, -0.05) is 62.1 Å². The molecule has 8 nitrogen and oxygen atoms in total. The van der Waals surface area contributed by atoms with E-state index in [9.17, 15) is 9.59 Å². The van der Waals surface area contributed by atoms with E-state index in [0.717, 1.165) is 39.0 Å². The zero-order valence-electron chi connectivity index (χ0n) is 20.7. The average molecular weight is 512 g/mol. The predicted molar refractivity (Wildman–Crippen MR) is 141 cm³/mol. The molecule has 10 heteroatoms. The second-order valence-corrected chi connectivity index (χ2v) is 11.1. The molecule has 0 saturated heterocycles. The Kier molecular flexibility index (Phi) is 7.42. The number of amides is 1. The minimum Gasteiger partial charge on any atom is -0.461 e. The van der Waals surface area contributed by atoms with E-state index in [2.05, 4.69) is 46.5 Å². The molecule has 4 rings (SSSR count). The van der Waals surface area contributed by atoms with Gasteiger partial charge in [0.05, 0.1) is 23.1 Å². The van der Waals surface area contributed by atoms with Crippen molar-refractivity contribution in [1.82, 2.24) is 19.6 Å². The van der Waals surface area contributed by atoms with Crippen molar-refractivity contribution in [1.29, 1.82) is 0 Å². The number of carbonyl (C=O) groups is 2. The minimum absolute atomic E-state index is 0.196. The summed E-state index contributed by atoms with van der Waals surface area (Å²) in [5, 5.41) is 13.4. The summed E-state index contributed by atoms with van der Waals surface area (Å²) in [6.07, 6.45) is 0.585. The largest absolute Gasteiger partial charge is 0.461 e. The van der Waals surface area contributed by atoms with Gasteiger partial charge in [0.1, 0.15) is 4.88 Å². The molecule has 35 heavy (non-hydrogen) atoms. The van der Waals surface area contributed by atoms with E-state index in [-0.39, 0.29) is 11.8 Å². The number of aryl methyl sites for hydroxylation is 3. The molecule has 1 amide bonds. The lowest BCUT2D eigenvalue weighted by Crippen LogP contribution is -2.24. The molecule has 0 aliphatic rings. The van der Waals surface area contributed by atoms with Gasteiger partial charge in [0.25, 0.3) is 0 Å². The van der Waals surface area contributed by atoms with Crippen LogP contribution in [0.15, 0.2) is 29.4 Å². The molecule has 0 fully saturated rings. The monoisotopic (exact) mass is 511 g/mol. The molecule has 1 aromatic carbocycles. The predicted octanol–water partition coefficient (Wildman–Crippen LogP) is 5.59. The van der Waals surface area contributed by atoms with E-state index < -0.39 is 11.2 Å². The second-order valence-electron chi connectivity index (χ2n) is 8.90. The van der Waals surface area contributed by atoms with E-state index in [4.69, 9.17) is 4.74 Å². The molecule has 3 aromatic heterocycles. The van der Waals surface area contributed by atoms with Gasteiger partial charge >= 0.3 is 5.97 Å². The van der Waals surface area contributed by atoms with E-state index >= 15 is 0 Å². The SMILES string of the molecule is CCC(Sc1nnc2cc(C)c3cccc(C)c3n12)C(=O)Nc1nc(C)c(C(=O)OCC(C)C)s1. The molecule has 0 bridgehead atoms. The maximum absolute atomic E-state index is 13.2. The van der Waals surface area contributed by atoms with E-state index in [0.29, 0.717) is 33.9 Å². The zero-order chi connectivity index (χ0) is 25.3. The lowest BCUT2D eigenvalue weighted by atomic mass is 10.1. The Balaban J connectivity index is 1.57. The van der Waals surface area contributed by atoms with Gasteiger partial charge in [0, 0.05) is 5.39 Å². The zero-order valence-corrected chi connectivity index (χ0v) is 22.3. The molecular weight excluding hydrogens is 482 g/mol. The van der Waals surface area contributed by atoms with Gasteiger partial charge in [-0.3, -0.25) is 9.20 Å². The number of benzene rings is 1. The molecule has 0 spiro atoms. The van der Waals surface area contributed by atoms with Crippen LogP contribution >= 0.6 is 23.1 Å². The van der Waals surface area contributed by atoms with Crippen molar-refractivity contribution in [3.63, 3.8) is 0 Å². The first-order valence-electron chi connectivity index (χ1n) is 11.6. The summed E-state index contributed by atoms with van der Waals surface area (Å²) in [4.78, 5) is 30.3. The van der Waals surface area contributed by atoms with Gasteiger partial charge in [-0.05, 0) is 50.3 Å². The minimum atomic E-state index is -0.414. The first-order valence-corrected chi connectivity index (χ1v) is 13.2. The highest BCUT2D eigenvalue weighted by Crippen LogP contribution is 2.31. The maximum atomic E-state index is 13.2. The van der Waals surface area contributed by atoms with Crippen molar-refractivity contribution < 1.29 is 14.3 Å². The molecule has 1 N–H and O–H groups in total. The second kappa shape index (κ2) is 10.3. The normalized spacial score (nSPS) is 12.4. The number of nitrogens with zero attached hydrogens (tertiary/aromatic N) is 4. The Hall–Kier alpha value is -2.98. The first kappa shape index (κ1) is 25.1. The van der Waals surface area contributed by atoms with Crippen LogP contribution in [0.4, 0.5) is 5.13 Å². The summed E-state index contributed by atoms with van der Waals surface area (Å²) in [5.41, 5.74) is 4.59. The van der Waals surface area contributed by atoms with E-state index in [1.165, 1.54) is 11.8 Å². The van der Waals surface area contributed by atoms with Crippen LogP contribution in [0.3, 0.4) is 0 Å². The van der Waals surface area contributed by atoms with Crippen LogP contribution in [0.1, 0.15) is 53.7 Å². The fraction of sp³-hybridized carbons (Fsp3) is 0.400. The number of aromatic nitrogens is 4. The van der Waals surface area contributed by atoms with Gasteiger partial charge in [-0.2, -0.15) is 0 Å².